The highest BCUT2D eigenvalue weighted by atomic mass is 32.3. The topological polar surface area (TPSA) is 86.5 Å². The Kier molecular flexibility index (Phi) is 14.9. The van der Waals surface area contributed by atoms with E-state index in [-0.39, 0.29) is 5.75 Å². The van der Waals surface area contributed by atoms with Crippen molar-refractivity contribution in [1.82, 2.24) is 0 Å². The fraction of sp³-hybridized carbons (Fsp3) is 0.750. The normalized spacial score (nSPS) is 11.6. The van der Waals surface area contributed by atoms with E-state index in [9.17, 15) is 22.4 Å². The summed E-state index contributed by atoms with van der Waals surface area (Å²) < 4.78 is 40.3. The highest BCUT2D eigenvalue weighted by Crippen LogP contribution is 2.30. The van der Waals surface area contributed by atoms with Crippen LogP contribution in [0, 0.1) is 10.1 Å². The van der Waals surface area contributed by atoms with Crippen LogP contribution in [0.4, 0.5) is 9.57 Å². The Morgan fingerprint density at radius 1 is 0.812 bits per heavy atom. The van der Waals surface area contributed by atoms with Crippen molar-refractivity contribution >= 4 is 15.9 Å². The van der Waals surface area contributed by atoms with Crippen LogP contribution in [0.15, 0.2) is 23.1 Å². The molecule has 1 aromatic rings. The van der Waals surface area contributed by atoms with Gasteiger partial charge in [-0.05, 0) is 18.6 Å². The van der Waals surface area contributed by atoms with E-state index in [1.165, 1.54) is 83.5 Å². The van der Waals surface area contributed by atoms with Crippen LogP contribution in [0.3, 0.4) is 0 Å². The molecule has 0 atom stereocenters. The van der Waals surface area contributed by atoms with E-state index in [0.29, 0.717) is 12.7 Å². The van der Waals surface area contributed by atoms with Crippen LogP contribution in [0.2, 0.25) is 0 Å². The summed E-state index contributed by atoms with van der Waals surface area (Å²) in [5.41, 5.74) is -0.541. The molecule has 0 aliphatic heterocycles. The molecule has 0 heterocycles. The number of halogens is 1. The highest BCUT2D eigenvalue weighted by Gasteiger charge is 2.21. The lowest BCUT2D eigenvalue weighted by Crippen LogP contribution is -2.02. The van der Waals surface area contributed by atoms with Crippen LogP contribution in [0.25, 0.3) is 0 Å². The van der Waals surface area contributed by atoms with Crippen LogP contribution >= 0.6 is 0 Å². The van der Waals surface area contributed by atoms with Gasteiger partial charge >= 0.3 is 15.9 Å². The van der Waals surface area contributed by atoms with Gasteiger partial charge in [0.15, 0.2) is 5.75 Å². The fourth-order valence-electron chi connectivity index (χ4n) is 3.75. The Balaban J connectivity index is 2.03. The zero-order chi connectivity index (χ0) is 23.7. The molecule has 32 heavy (non-hydrogen) atoms. The molecule has 0 saturated heterocycles. The Hall–Kier alpha value is -1.70. The number of benzene rings is 1. The van der Waals surface area contributed by atoms with Crippen LogP contribution < -0.4 is 4.74 Å². The first kappa shape index (κ1) is 28.3. The number of ether oxygens (including phenoxy) is 1. The van der Waals surface area contributed by atoms with Gasteiger partial charge in [-0.2, -0.15) is 8.42 Å². The maximum Gasteiger partial charge on any atom is 0.332 e. The summed E-state index contributed by atoms with van der Waals surface area (Å²) in [7, 11) is -4.99. The number of nitro groups is 1. The zero-order valence-electron chi connectivity index (χ0n) is 19.5. The van der Waals surface area contributed by atoms with Crippen LogP contribution in [-0.4, -0.2) is 19.9 Å². The number of unbranched alkanes of at least 4 members (excludes halogenated alkanes) is 15. The van der Waals surface area contributed by atoms with Crippen LogP contribution in [0.1, 0.15) is 110 Å². The molecule has 0 unspecified atom stereocenters. The van der Waals surface area contributed by atoms with Gasteiger partial charge in [0, 0.05) is 6.07 Å². The van der Waals surface area contributed by atoms with Gasteiger partial charge in [-0.15, -0.1) is 3.89 Å². The van der Waals surface area contributed by atoms with Crippen molar-refractivity contribution in [2.75, 3.05) is 6.61 Å². The molecule has 0 radical (unpaired) electrons. The second-order valence-corrected chi connectivity index (χ2v) is 9.82. The predicted octanol–water partition coefficient (Wildman–Crippen LogP) is 7.89. The summed E-state index contributed by atoms with van der Waals surface area (Å²) in [6.07, 6.45) is 20.2. The van der Waals surface area contributed by atoms with Crippen LogP contribution in [-0.2, 0) is 10.2 Å². The van der Waals surface area contributed by atoms with Gasteiger partial charge in [0.05, 0.1) is 11.5 Å². The summed E-state index contributed by atoms with van der Waals surface area (Å²) >= 11 is 0. The lowest BCUT2D eigenvalue weighted by molar-refractivity contribution is -0.386. The van der Waals surface area contributed by atoms with Crippen molar-refractivity contribution in [2.45, 2.75) is 115 Å². The van der Waals surface area contributed by atoms with Crippen molar-refractivity contribution in [2.24, 2.45) is 0 Å². The van der Waals surface area contributed by atoms with E-state index < -0.39 is 25.7 Å². The largest absolute Gasteiger partial charge is 0.487 e. The predicted molar refractivity (Wildman–Crippen MR) is 126 cm³/mol. The van der Waals surface area contributed by atoms with Crippen molar-refractivity contribution in [3.05, 3.63) is 28.3 Å². The average Bonchev–Trinajstić information content (AvgIpc) is 2.75. The van der Waals surface area contributed by atoms with Gasteiger partial charge in [-0.3, -0.25) is 10.1 Å². The Bertz CT molecular complexity index is 755. The van der Waals surface area contributed by atoms with E-state index >= 15 is 0 Å². The third kappa shape index (κ3) is 13.0. The van der Waals surface area contributed by atoms with Gasteiger partial charge in [-0.25, -0.2) is 0 Å². The summed E-state index contributed by atoms with van der Waals surface area (Å²) in [5.74, 6) is -0.0386. The quantitative estimate of drug-likeness (QED) is 0.0831. The molecular formula is C24H40FNO5S. The molecule has 0 amide bonds. The smallest absolute Gasteiger partial charge is 0.332 e. The summed E-state index contributed by atoms with van der Waals surface area (Å²) in [4.78, 5) is 9.59. The second-order valence-electron chi connectivity index (χ2n) is 8.48. The molecule has 0 aliphatic carbocycles. The first-order valence-electron chi connectivity index (χ1n) is 12.2. The molecule has 0 saturated carbocycles. The molecule has 0 fully saturated rings. The lowest BCUT2D eigenvalue weighted by atomic mass is 10.0. The molecule has 0 aromatic heterocycles. The lowest BCUT2D eigenvalue weighted by Gasteiger charge is -2.07. The summed E-state index contributed by atoms with van der Waals surface area (Å²) in [6.45, 7) is 2.56. The van der Waals surface area contributed by atoms with Crippen molar-refractivity contribution in [3.63, 3.8) is 0 Å². The van der Waals surface area contributed by atoms with E-state index in [1.54, 1.807) is 0 Å². The number of hydrogen-bond acceptors (Lipinski definition) is 5. The van der Waals surface area contributed by atoms with Gasteiger partial charge in [-0.1, -0.05) is 103 Å². The fourth-order valence-corrected chi connectivity index (χ4v) is 4.23. The summed E-state index contributed by atoms with van der Waals surface area (Å²) in [5, 5.41) is 11.1. The maximum atomic E-state index is 13.0. The number of rotatable bonds is 20. The SMILES string of the molecule is CCCCCCCCCCCCCCCCCCOc1ccc(S(=O)(=O)F)cc1[N+](=O)[O-]. The van der Waals surface area contributed by atoms with E-state index in [1.807, 2.05) is 0 Å². The van der Waals surface area contributed by atoms with Gasteiger partial charge < -0.3 is 4.74 Å². The molecule has 8 heteroatoms. The average molecular weight is 474 g/mol. The summed E-state index contributed by atoms with van der Waals surface area (Å²) in [6, 6.07) is 2.81. The molecule has 0 aliphatic rings. The van der Waals surface area contributed by atoms with Crippen molar-refractivity contribution in [1.29, 1.82) is 0 Å². The monoisotopic (exact) mass is 473 g/mol. The number of hydrogen-bond donors (Lipinski definition) is 0. The molecule has 1 rings (SSSR count). The minimum Gasteiger partial charge on any atom is -0.487 e. The molecular weight excluding hydrogens is 433 g/mol. The van der Waals surface area contributed by atoms with Crippen molar-refractivity contribution in [3.8, 4) is 5.75 Å². The van der Waals surface area contributed by atoms with Crippen molar-refractivity contribution < 1.29 is 22.0 Å². The second kappa shape index (κ2) is 16.9. The standard InChI is InChI=1S/C24H40FNO5S/c1-2-3-4-5-6-7-8-9-10-11-12-13-14-15-16-17-20-31-24-19-18-22(32(25,29)30)21-23(24)26(27)28/h18-19,21H,2-17,20H2,1H3. The number of nitro benzene ring substituents is 1. The zero-order valence-corrected chi connectivity index (χ0v) is 20.3. The molecule has 0 spiro atoms. The first-order chi connectivity index (χ1) is 15.4. The van der Waals surface area contributed by atoms with E-state index in [2.05, 4.69) is 6.92 Å². The van der Waals surface area contributed by atoms with Crippen LogP contribution in [0.5, 0.6) is 5.75 Å². The Labute approximate surface area is 193 Å². The highest BCUT2D eigenvalue weighted by molar-refractivity contribution is 7.86. The minimum absolute atomic E-state index is 0.0386. The molecule has 0 N–H and O–H groups in total. The minimum atomic E-state index is -4.99. The van der Waals surface area contributed by atoms with Gasteiger partial charge in [0.25, 0.3) is 0 Å². The molecule has 1 aromatic carbocycles. The van der Waals surface area contributed by atoms with E-state index in [0.717, 1.165) is 31.4 Å². The third-order valence-corrected chi connectivity index (χ3v) is 6.48. The maximum absolute atomic E-state index is 13.0. The molecule has 184 valence electrons. The Morgan fingerprint density at radius 3 is 1.66 bits per heavy atom. The Morgan fingerprint density at radius 2 is 1.25 bits per heavy atom. The number of nitrogens with zero attached hydrogens (tertiary/aromatic N) is 1. The van der Waals surface area contributed by atoms with Gasteiger partial charge in [0.1, 0.15) is 4.90 Å². The van der Waals surface area contributed by atoms with E-state index in [4.69, 9.17) is 4.74 Å². The first-order valence-corrected chi connectivity index (χ1v) is 13.6. The van der Waals surface area contributed by atoms with Gasteiger partial charge in [0.2, 0.25) is 0 Å². The molecule has 6 nitrogen and oxygen atoms in total. The third-order valence-electron chi connectivity index (χ3n) is 5.66. The molecule has 0 bridgehead atoms.